The van der Waals surface area contributed by atoms with E-state index >= 15 is 0 Å². The molecule has 1 saturated carbocycles. The van der Waals surface area contributed by atoms with Crippen molar-refractivity contribution < 1.29 is 9.90 Å². The van der Waals surface area contributed by atoms with E-state index in [4.69, 9.17) is 0 Å². The molecule has 0 spiro atoms. The van der Waals surface area contributed by atoms with Crippen molar-refractivity contribution in [3.05, 3.63) is 12.2 Å². The van der Waals surface area contributed by atoms with Crippen LogP contribution in [0, 0.1) is 11.3 Å². The van der Waals surface area contributed by atoms with Crippen LogP contribution in [0.5, 0.6) is 0 Å². The first-order chi connectivity index (χ1) is 6.46. The molecule has 1 aliphatic carbocycles. The molecule has 0 amide bonds. The van der Waals surface area contributed by atoms with Gasteiger partial charge in [0.25, 0.3) is 0 Å². The minimum atomic E-state index is -0.632. The van der Waals surface area contributed by atoms with Gasteiger partial charge in [-0.1, -0.05) is 12.5 Å². The van der Waals surface area contributed by atoms with E-state index in [1.807, 2.05) is 6.92 Å². The zero-order valence-electron chi connectivity index (χ0n) is 9.18. The second-order valence-electron chi connectivity index (χ2n) is 4.90. The Morgan fingerprint density at radius 1 is 1.50 bits per heavy atom. The number of allylic oxidation sites excluding steroid dienone is 1. The highest BCUT2D eigenvalue weighted by Crippen LogP contribution is 2.43. The topological polar surface area (TPSA) is 37.3 Å². The van der Waals surface area contributed by atoms with Crippen LogP contribution in [0.1, 0.15) is 46.0 Å². The van der Waals surface area contributed by atoms with Crippen LogP contribution in [-0.4, -0.2) is 11.1 Å². The van der Waals surface area contributed by atoms with Crippen LogP contribution >= 0.6 is 0 Å². The summed E-state index contributed by atoms with van der Waals surface area (Å²) in [6.07, 6.45) is 4.36. The summed E-state index contributed by atoms with van der Waals surface area (Å²) in [6, 6.07) is 0. The van der Waals surface area contributed by atoms with E-state index in [0.29, 0.717) is 12.3 Å². The van der Waals surface area contributed by atoms with E-state index in [9.17, 15) is 9.90 Å². The summed E-state index contributed by atoms with van der Waals surface area (Å²) < 4.78 is 0. The van der Waals surface area contributed by atoms with Gasteiger partial charge in [0, 0.05) is 0 Å². The minimum absolute atomic E-state index is 0.502. The van der Waals surface area contributed by atoms with E-state index in [1.165, 1.54) is 0 Å². The molecule has 0 aliphatic heterocycles. The normalized spacial score (nSPS) is 32.6. The number of aliphatic carboxylic acids is 1. The summed E-state index contributed by atoms with van der Waals surface area (Å²) in [5.74, 6) is 0.0556. The lowest BCUT2D eigenvalue weighted by Crippen LogP contribution is -2.35. The van der Waals surface area contributed by atoms with Crippen molar-refractivity contribution in [2.45, 2.75) is 46.0 Å². The standard InChI is InChI=1S/C12H20O2/c1-9(2)8-12(11(13)14)6-4-10(3)5-7-12/h10H,1,4-8H2,2-3H3,(H,13,14). The molecule has 0 heterocycles. The molecule has 1 fully saturated rings. The first-order valence-corrected chi connectivity index (χ1v) is 5.34. The monoisotopic (exact) mass is 196 g/mol. The second-order valence-corrected chi connectivity index (χ2v) is 4.90. The first-order valence-electron chi connectivity index (χ1n) is 5.34. The molecule has 1 N–H and O–H groups in total. The van der Waals surface area contributed by atoms with Gasteiger partial charge in [0.05, 0.1) is 5.41 Å². The molecule has 0 bridgehead atoms. The van der Waals surface area contributed by atoms with Crippen LogP contribution in [0.15, 0.2) is 12.2 Å². The van der Waals surface area contributed by atoms with Gasteiger partial charge in [0.1, 0.15) is 0 Å². The van der Waals surface area contributed by atoms with Gasteiger partial charge >= 0.3 is 5.97 Å². The fraction of sp³-hybridized carbons (Fsp3) is 0.750. The molecular formula is C12H20O2. The molecule has 2 nitrogen and oxygen atoms in total. The Morgan fingerprint density at radius 2 is 2.00 bits per heavy atom. The van der Waals surface area contributed by atoms with E-state index in [0.717, 1.165) is 31.3 Å². The summed E-state index contributed by atoms with van der Waals surface area (Å²) in [5, 5.41) is 9.28. The second kappa shape index (κ2) is 4.16. The third-order valence-corrected chi connectivity index (χ3v) is 3.33. The Bertz CT molecular complexity index is 235. The molecule has 14 heavy (non-hydrogen) atoms. The minimum Gasteiger partial charge on any atom is -0.481 e. The van der Waals surface area contributed by atoms with Gasteiger partial charge in [0.2, 0.25) is 0 Å². The van der Waals surface area contributed by atoms with Crippen molar-refractivity contribution >= 4 is 5.97 Å². The molecule has 1 aliphatic rings. The number of carboxylic acids is 1. The average molecular weight is 196 g/mol. The van der Waals surface area contributed by atoms with Gasteiger partial charge in [-0.3, -0.25) is 4.79 Å². The fourth-order valence-corrected chi connectivity index (χ4v) is 2.36. The predicted molar refractivity (Wildman–Crippen MR) is 57.1 cm³/mol. The molecule has 80 valence electrons. The Balaban J connectivity index is 2.73. The Labute approximate surface area is 86.0 Å². The third kappa shape index (κ3) is 2.37. The zero-order chi connectivity index (χ0) is 10.8. The maximum Gasteiger partial charge on any atom is 0.309 e. The van der Waals surface area contributed by atoms with E-state index in [1.54, 1.807) is 0 Å². The van der Waals surface area contributed by atoms with Crippen molar-refractivity contribution in [1.82, 2.24) is 0 Å². The summed E-state index contributed by atoms with van der Waals surface area (Å²) >= 11 is 0. The fourth-order valence-electron chi connectivity index (χ4n) is 2.36. The number of hydrogen-bond donors (Lipinski definition) is 1. The molecule has 0 radical (unpaired) electrons. The van der Waals surface area contributed by atoms with Gasteiger partial charge in [0.15, 0.2) is 0 Å². The summed E-state index contributed by atoms with van der Waals surface area (Å²) in [7, 11) is 0. The maximum absolute atomic E-state index is 11.3. The van der Waals surface area contributed by atoms with Crippen LogP contribution in [0.2, 0.25) is 0 Å². The molecule has 0 atom stereocenters. The zero-order valence-corrected chi connectivity index (χ0v) is 9.18. The molecule has 0 aromatic rings. The highest BCUT2D eigenvalue weighted by molar-refractivity contribution is 5.75. The number of hydrogen-bond acceptors (Lipinski definition) is 1. The van der Waals surface area contributed by atoms with Gasteiger partial charge < -0.3 is 5.11 Å². The van der Waals surface area contributed by atoms with Crippen molar-refractivity contribution in [2.75, 3.05) is 0 Å². The van der Waals surface area contributed by atoms with Crippen LogP contribution in [0.25, 0.3) is 0 Å². The van der Waals surface area contributed by atoms with Gasteiger partial charge in [-0.05, 0) is 44.9 Å². The predicted octanol–water partition coefficient (Wildman–Crippen LogP) is 3.23. The molecule has 2 heteroatoms. The van der Waals surface area contributed by atoms with Crippen LogP contribution in [0.3, 0.4) is 0 Å². The summed E-state index contributed by atoms with van der Waals surface area (Å²) in [5.41, 5.74) is 0.486. The van der Waals surface area contributed by atoms with Gasteiger partial charge in [-0.2, -0.15) is 0 Å². The highest BCUT2D eigenvalue weighted by Gasteiger charge is 2.40. The van der Waals surface area contributed by atoms with Crippen molar-refractivity contribution in [3.8, 4) is 0 Å². The van der Waals surface area contributed by atoms with Gasteiger partial charge in [-0.15, -0.1) is 6.58 Å². The smallest absolute Gasteiger partial charge is 0.309 e. The highest BCUT2D eigenvalue weighted by atomic mass is 16.4. The van der Waals surface area contributed by atoms with Crippen molar-refractivity contribution in [3.63, 3.8) is 0 Å². The summed E-state index contributed by atoms with van der Waals surface area (Å²) in [4.78, 5) is 11.3. The third-order valence-electron chi connectivity index (χ3n) is 3.33. The molecule has 1 rings (SSSR count). The SMILES string of the molecule is C=C(C)CC1(C(=O)O)CCC(C)CC1. The largest absolute Gasteiger partial charge is 0.481 e. The lowest BCUT2D eigenvalue weighted by Gasteiger charge is -2.36. The lowest BCUT2D eigenvalue weighted by atomic mass is 9.68. The van der Waals surface area contributed by atoms with Crippen molar-refractivity contribution in [2.24, 2.45) is 11.3 Å². The molecular weight excluding hydrogens is 176 g/mol. The van der Waals surface area contributed by atoms with Crippen molar-refractivity contribution in [1.29, 1.82) is 0 Å². The van der Waals surface area contributed by atoms with E-state index in [2.05, 4.69) is 13.5 Å². The molecule has 0 saturated heterocycles. The first kappa shape index (κ1) is 11.3. The number of carbonyl (C=O) groups is 1. The molecule has 0 aromatic heterocycles. The maximum atomic E-state index is 11.3. The molecule has 0 aromatic carbocycles. The Kier molecular flexibility index (Phi) is 3.35. The van der Waals surface area contributed by atoms with E-state index in [-0.39, 0.29) is 0 Å². The number of rotatable bonds is 3. The van der Waals surface area contributed by atoms with Gasteiger partial charge in [-0.25, -0.2) is 0 Å². The summed E-state index contributed by atoms with van der Waals surface area (Å²) in [6.45, 7) is 7.95. The quantitative estimate of drug-likeness (QED) is 0.703. The lowest BCUT2D eigenvalue weighted by molar-refractivity contribution is -0.151. The number of carboxylic acid groups (broad SMARTS) is 1. The Morgan fingerprint density at radius 3 is 2.36 bits per heavy atom. The van der Waals surface area contributed by atoms with Crippen LogP contribution in [0.4, 0.5) is 0 Å². The van der Waals surface area contributed by atoms with Crippen LogP contribution in [-0.2, 0) is 4.79 Å². The van der Waals surface area contributed by atoms with E-state index < -0.39 is 11.4 Å². The Hall–Kier alpha value is -0.790. The molecule has 0 unspecified atom stereocenters. The average Bonchev–Trinajstić information content (AvgIpc) is 2.08. The van der Waals surface area contributed by atoms with Crippen LogP contribution < -0.4 is 0 Å².